The molecule has 1 aliphatic heterocycles. The van der Waals surface area contributed by atoms with Crippen LogP contribution in [0.15, 0.2) is 29.4 Å². The van der Waals surface area contributed by atoms with Crippen LogP contribution in [0.5, 0.6) is 0 Å². The first-order chi connectivity index (χ1) is 12.2. The molecule has 8 heteroatoms. The minimum Gasteiger partial charge on any atom is -0.324 e. The molecule has 1 aliphatic carbocycles. The van der Waals surface area contributed by atoms with E-state index in [1.165, 1.54) is 11.8 Å². The number of nitrogens with zero attached hydrogens (tertiary/aromatic N) is 3. The van der Waals surface area contributed by atoms with Crippen molar-refractivity contribution in [3.05, 3.63) is 30.1 Å². The van der Waals surface area contributed by atoms with Crippen LogP contribution in [0.4, 0.5) is 11.4 Å². The normalized spacial score (nSPS) is 17.1. The highest BCUT2D eigenvalue weighted by Gasteiger charge is 2.27. The van der Waals surface area contributed by atoms with Gasteiger partial charge in [-0.15, -0.1) is 5.10 Å². The number of thioether (sulfide) groups is 1. The number of H-pyrrole nitrogens is 1. The first-order valence-electron chi connectivity index (χ1n) is 8.45. The monoisotopic (exact) mass is 357 g/mol. The number of aromatic nitrogens is 3. The number of aromatic amines is 1. The van der Waals surface area contributed by atoms with Gasteiger partial charge in [-0.05, 0) is 31.4 Å². The molecule has 1 aromatic carbocycles. The zero-order valence-electron chi connectivity index (χ0n) is 13.7. The maximum atomic E-state index is 12.3. The van der Waals surface area contributed by atoms with Crippen LogP contribution in [-0.2, 0) is 9.59 Å². The number of carbonyl (C=O) groups excluding carboxylic acids is 2. The lowest BCUT2D eigenvalue weighted by atomic mass is 10.2. The molecule has 2 aromatic rings. The summed E-state index contributed by atoms with van der Waals surface area (Å²) >= 11 is 1.31. The van der Waals surface area contributed by atoms with E-state index >= 15 is 0 Å². The molecule has 0 atom stereocenters. The van der Waals surface area contributed by atoms with E-state index < -0.39 is 0 Å². The Morgan fingerprint density at radius 3 is 2.96 bits per heavy atom. The minimum absolute atomic E-state index is 0.101. The van der Waals surface area contributed by atoms with Gasteiger partial charge in [-0.3, -0.25) is 14.7 Å². The van der Waals surface area contributed by atoms with Gasteiger partial charge in [0.15, 0.2) is 0 Å². The van der Waals surface area contributed by atoms with Crippen molar-refractivity contribution in [1.82, 2.24) is 15.2 Å². The number of hydrogen-bond acceptors (Lipinski definition) is 5. The molecular weight excluding hydrogens is 338 g/mol. The number of carbonyl (C=O) groups is 2. The lowest BCUT2D eigenvalue weighted by Crippen LogP contribution is -2.26. The van der Waals surface area contributed by atoms with Crippen molar-refractivity contribution in [3.63, 3.8) is 0 Å². The summed E-state index contributed by atoms with van der Waals surface area (Å²) in [4.78, 5) is 30.4. The molecule has 0 spiro atoms. The van der Waals surface area contributed by atoms with Gasteiger partial charge in [0.1, 0.15) is 5.82 Å². The second-order valence-corrected chi connectivity index (χ2v) is 7.22. The maximum Gasteiger partial charge on any atom is 0.234 e. The number of anilines is 2. The van der Waals surface area contributed by atoms with Crippen molar-refractivity contribution in [2.45, 2.75) is 36.8 Å². The van der Waals surface area contributed by atoms with Crippen LogP contribution in [0.3, 0.4) is 0 Å². The molecule has 7 nitrogen and oxygen atoms in total. The Morgan fingerprint density at radius 2 is 2.20 bits per heavy atom. The van der Waals surface area contributed by atoms with E-state index in [2.05, 4.69) is 20.5 Å². The molecule has 2 heterocycles. The van der Waals surface area contributed by atoms with Gasteiger partial charge in [0, 0.05) is 18.9 Å². The zero-order chi connectivity index (χ0) is 17.2. The van der Waals surface area contributed by atoms with Crippen LogP contribution in [0, 0.1) is 0 Å². The number of rotatable bonds is 6. The summed E-state index contributed by atoms with van der Waals surface area (Å²) in [7, 11) is 0. The van der Waals surface area contributed by atoms with E-state index in [1.807, 2.05) is 24.3 Å². The molecule has 0 unspecified atom stereocenters. The second kappa shape index (κ2) is 6.87. The zero-order valence-corrected chi connectivity index (χ0v) is 14.5. The Labute approximate surface area is 149 Å². The van der Waals surface area contributed by atoms with Crippen LogP contribution in [0.1, 0.15) is 37.4 Å². The number of nitrogens with one attached hydrogen (secondary N) is 2. The van der Waals surface area contributed by atoms with Crippen LogP contribution in [0.25, 0.3) is 0 Å². The lowest BCUT2D eigenvalue weighted by molar-refractivity contribution is -0.117. The average Bonchev–Trinajstić information content (AvgIpc) is 3.20. The van der Waals surface area contributed by atoms with Crippen molar-refractivity contribution in [3.8, 4) is 0 Å². The molecule has 2 aliphatic rings. The summed E-state index contributed by atoms with van der Waals surface area (Å²) in [5, 5.41) is 10.6. The minimum atomic E-state index is -0.137. The van der Waals surface area contributed by atoms with Gasteiger partial charge >= 0.3 is 0 Å². The van der Waals surface area contributed by atoms with Crippen molar-refractivity contribution in [2.24, 2.45) is 0 Å². The number of hydrogen-bond donors (Lipinski definition) is 2. The Morgan fingerprint density at radius 1 is 1.36 bits per heavy atom. The lowest BCUT2D eigenvalue weighted by Gasteiger charge is -2.19. The summed E-state index contributed by atoms with van der Waals surface area (Å²) < 4.78 is 0. The summed E-state index contributed by atoms with van der Waals surface area (Å²) in [6.07, 6.45) is 3.73. The predicted molar refractivity (Wildman–Crippen MR) is 95.7 cm³/mol. The Kier molecular flexibility index (Phi) is 4.44. The second-order valence-electron chi connectivity index (χ2n) is 6.28. The third-order valence-corrected chi connectivity index (χ3v) is 5.17. The van der Waals surface area contributed by atoms with E-state index in [0.717, 1.165) is 30.8 Å². The molecule has 1 aromatic heterocycles. The molecule has 0 radical (unpaired) electrons. The molecule has 25 heavy (non-hydrogen) atoms. The molecule has 4 rings (SSSR count). The largest absolute Gasteiger partial charge is 0.324 e. The summed E-state index contributed by atoms with van der Waals surface area (Å²) in [6.45, 7) is 0.696. The third kappa shape index (κ3) is 3.68. The Balaban J connectivity index is 1.38. The molecule has 130 valence electrons. The molecule has 2 fully saturated rings. The van der Waals surface area contributed by atoms with E-state index in [-0.39, 0.29) is 17.6 Å². The standard InChI is InChI=1S/C17H19N5O2S/c23-14(10-25-17-19-16(20-21-17)11-7-8-11)18-12-4-1-2-5-13(12)22-9-3-6-15(22)24/h1-2,4-5,11H,3,6-10H2,(H,18,23)(H,19,20,21). The first-order valence-corrected chi connectivity index (χ1v) is 9.43. The molecule has 2 amide bonds. The SMILES string of the molecule is O=C(CSc1n[nH]c(C2CC2)n1)Nc1ccccc1N1CCCC1=O. The van der Waals surface area contributed by atoms with E-state index in [0.29, 0.717) is 29.7 Å². The number of amides is 2. The van der Waals surface area contributed by atoms with Gasteiger partial charge in [0.25, 0.3) is 0 Å². The van der Waals surface area contributed by atoms with Gasteiger partial charge < -0.3 is 10.2 Å². The van der Waals surface area contributed by atoms with Gasteiger partial charge in [-0.25, -0.2) is 4.98 Å². The molecule has 2 N–H and O–H groups in total. The van der Waals surface area contributed by atoms with Crippen LogP contribution >= 0.6 is 11.8 Å². The summed E-state index contributed by atoms with van der Waals surface area (Å²) in [5.41, 5.74) is 1.43. The van der Waals surface area contributed by atoms with Crippen molar-refractivity contribution >= 4 is 35.0 Å². The quantitative estimate of drug-likeness (QED) is 0.775. The average molecular weight is 357 g/mol. The fourth-order valence-electron chi connectivity index (χ4n) is 2.90. The van der Waals surface area contributed by atoms with Gasteiger partial charge in [-0.1, -0.05) is 23.9 Å². The fraction of sp³-hybridized carbons (Fsp3) is 0.412. The highest BCUT2D eigenvalue weighted by molar-refractivity contribution is 7.99. The third-order valence-electron chi connectivity index (χ3n) is 4.32. The van der Waals surface area contributed by atoms with E-state index in [9.17, 15) is 9.59 Å². The Hall–Kier alpha value is -2.35. The molecule has 0 bridgehead atoms. The predicted octanol–water partition coefficient (Wildman–Crippen LogP) is 2.54. The van der Waals surface area contributed by atoms with E-state index in [4.69, 9.17) is 0 Å². The summed E-state index contributed by atoms with van der Waals surface area (Å²) in [6, 6.07) is 7.41. The highest BCUT2D eigenvalue weighted by Crippen LogP contribution is 2.38. The van der Waals surface area contributed by atoms with Crippen LogP contribution in [0.2, 0.25) is 0 Å². The molecular formula is C17H19N5O2S. The number of benzene rings is 1. The smallest absolute Gasteiger partial charge is 0.234 e. The van der Waals surface area contributed by atoms with Crippen LogP contribution < -0.4 is 10.2 Å². The fourth-order valence-corrected chi connectivity index (χ4v) is 3.50. The Bertz CT molecular complexity index is 802. The van der Waals surface area contributed by atoms with Crippen molar-refractivity contribution < 1.29 is 9.59 Å². The van der Waals surface area contributed by atoms with E-state index in [1.54, 1.807) is 4.90 Å². The number of para-hydroxylation sites is 2. The molecule has 1 saturated heterocycles. The van der Waals surface area contributed by atoms with Gasteiger partial charge in [0.05, 0.1) is 17.1 Å². The summed E-state index contributed by atoms with van der Waals surface area (Å²) in [5.74, 6) is 1.62. The van der Waals surface area contributed by atoms with Crippen LogP contribution in [-0.4, -0.2) is 39.3 Å². The maximum absolute atomic E-state index is 12.3. The molecule has 1 saturated carbocycles. The van der Waals surface area contributed by atoms with Gasteiger partial charge in [-0.2, -0.15) is 0 Å². The van der Waals surface area contributed by atoms with Crippen molar-refractivity contribution in [2.75, 3.05) is 22.5 Å². The topological polar surface area (TPSA) is 91.0 Å². The van der Waals surface area contributed by atoms with Crippen molar-refractivity contribution in [1.29, 1.82) is 0 Å². The van der Waals surface area contributed by atoms with Gasteiger partial charge in [0.2, 0.25) is 17.0 Å². The highest BCUT2D eigenvalue weighted by atomic mass is 32.2. The first kappa shape index (κ1) is 16.1.